The van der Waals surface area contributed by atoms with E-state index < -0.39 is 6.09 Å². The number of rotatable bonds is 24. The van der Waals surface area contributed by atoms with E-state index in [-0.39, 0.29) is 19.2 Å². The van der Waals surface area contributed by atoms with Crippen LogP contribution in [0.1, 0.15) is 83.2 Å². The summed E-state index contributed by atoms with van der Waals surface area (Å²) in [6.07, 6.45) is 12.8. The fourth-order valence-corrected chi connectivity index (χ4v) is 5.74. The average Bonchev–Trinajstić information content (AvgIpc) is 3.78. The zero-order valence-electron chi connectivity index (χ0n) is 29.2. The van der Waals surface area contributed by atoms with E-state index in [9.17, 15) is 9.59 Å². The fraction of sp³-hybridized carbons (Fsp3) is 0.611. The highest BCUT2D eigenvalue weighted by Crippen LogP contribution is 2.14. The maximum absolute atomic E-state index is 12.6. The smallest absolute Gasteiger partial charge is 0.412 e. The third-order valence-corrected chi connectivity index (χ3v) is 8.22. The number of aromatic nitrogens is 2. The number of amides is 1. The van der Waals surface area contributed by atoms with E-state index in [1.165, 1.54) is 24.0 Å². The third kappa shape index (κ3) is 14.8. The topological polar surface area (TPSA) is 107 Å². The number of H-pyrrole nitrogens is 1. The van der Waals surface area contributed by atoms with Crippen LogP contribution in [0.3, 0.4) is 0 Å². The number of aromatic amines is 1. The number of ether oxygens (including phenoxy) is 2. The molecule has 0 fully saturated rings. The minimum absolute atomic E-state index is 0.235. The number of carbonyl (C=O) groups excluding carboxylic acids is 2. The first kappa shape index (κ1) is 37.9. The van der Waals surface area contributed by atoms with E-state index in [0.717, 1.165) is 83.2 Å². The van der Waals surface area contributed by atoms with Gasteiger partial charge in [0.1, 0.15) is 5.82 Å². The van der Waals surface area contributed by atoms with Gasteiger partial charge in [0.15, 0.2) is 0 Å². The Morgan fingerprint density at radius 2 is 1.45 bits per heavy atom. The first-order valence-corrected chi connectivity index (χ1v) is 17.4. The standard InChI is InChI=1S/C36H57N7O4/c1-5-21-40(22-6-2)23-9-10-24-41(25-17-35(44)46-30-47-36(45)43(7-3)8-4)26-31-13-15-32(16-14-31)27-42(28-33-12-11-18-37-33)29-34-38-19-20-39-34/h11,13-16,18-20H,5-10,12,17,21-30H2,1-4H3,(H,38,39). The number of allylic oxidation sites excluding steroid dienone is 1. The Morgan fingerprint density at radius 3 is 2.02 bits per heavy atom. The molecule has 11 nitrogen and oxygen atoms in total. The Kier molecular flexibility index (Phi) is 17.8. The summed E-state index contributed by atoms with van der Waals surface area (Å²) in [4.78, 5) is 45.5. The molecule has 1 aromatic carbocycles. The zero-order chi connectivity index (χ0) is 33.7. The third-order valence-electron chi connectivity index (χ3n) is 8.22. The van der Waals surface area contributed by atoms with Crippen molar-refractivity contribution in [3.05, 3.63) is 65.9 Å². The Labute approximate surface area is 282 Å². The van der Waals surface area contributed by atoms with Crippen LogP contribution in [0.2, 0.25) is 0 Å². The van der Waals surface area contributed by atoms with Gasteiger partial charge in [-0.15, -0.1) is 0 Å². The summed E-state index contributed by atoms with van der Waals surface area (Å²) in [5.41, 5.74) is 3.60. The largest absolute Gasteiger partial charge is 0.428 e. The highest BCUT2D eigenvalue weighted by atomic mass is 16.7. The van der Waals surface area contributed by atoms with Crippen LogP contribution in [0.5, 0.6) is 0 Å². The van der Waals surface area contributed by atoms with Crippen molar-refractivity contribution in [3.63, 3.8) is 0 Å². The highest BCUT2D eigenvalue weighted by molar-refractivity contribution is 5.89. The predicted molar refractivity (Wildman–Crippen MR) is 187 cm³/mol. The quantitative estimate of drug-likeness (QED) is 0.0857. The molecule has 0 atom stereocenters. The van der Waals surface area contributed by atoms with Gasteiger partial charge in [-0.3, -0.25) is 19.6 Å². The molecule has 1 amide bonds. The number of imidazole rings is 1. The molecule has 0 saturated carbocycles. The second kappa shape index (κ2) is 22.1. The van der Waals surface area contributed by atoms with E-state index in [2.05, 4.69) is 73.8 Å². The van der Waals surface area contributed by atoms with E-state index in [0.29, 0.717) is 19.6 Å². The molecule has 0 spiro atoms. The van der Waals surface area contributed by atoms with Crippen LogP contribution < -0.4 is 0 Å². The van der Waals surface area contributed by atoms with Crippen LogP contribution in [-0.4, -0.2) is 106 Å². The summed E-state index contributed by atoms with van der Waals surface area (Å²) in [7, 11) is 0. The number of nitrogens with zero attached hydrogens (tertiary/aromatic N) is 6. The molecule has 3 rings (SSSR count). The van der Waals surface area contributed by atoms with Crippen molar-refractivity contribution in [1.82, 2.24) is 29.6 Å². The molecule has 47 heavy (non-hydrogen) atoms. The summed E-state index contributed by atoms with van der Waals surface area (Å²) < 4.78 is 10.3. The van der Waals surface area contributed by atoms with Gasteiger partial charge in [0.25, 0.3) is 0 Å². The molecule has 1 N–H and O–H groups in total. The molecule has 1 aliphatic heterocycles. The molecular weight excluding hydrogens is 594 g/mol. The summed E-state index contributed by atoms with van der Waals surface area (Å²) in [6, 6.07) is 8.78. The molecule has 11 heteroatoms. The minimum atomic E-state index is -0.471. The molecule has 0 saturated heterocycles. The van der Waals surface area contributed by atoms with Crippen molar-refractivity contribution in [2.24, 2.45) is 4.99 Å². The first-order valence-electron chi connectivity index (χ1n) is 17.4. The van der Waals surface area contributed by atoms with Gasteiger partial charge in [0.05, 0.1) is 13.0 Å². The van der Waals surface area contributed by atoms with Crippen molar-refractivity contribution in [2.45, 2.75) is 85.9 Å². The normalized spacial score (nSPS) is 12.7. The number of nitrogens with one attached hydrogen (secondary N) is 1. The second-order valence-electron chi connectivity index (χ2n) is 12.1. The molecule has 1 aromatic heterocycles. The number of esters is 1. The van der Waals surface area contributed by atoms with Crippen LogP contribution in [-0.2, 0) is 33.9 Å². The van der Waals surface area contributed by atoms with Crippen molar-refractivity contribution in [3.8, 4) is 0 Å². The van der Waals surface area contributed by atoms with Crippen LogP contribution in [0.25, 0.3) is 0 Å². The number of hydrogen-bond acceptors (Lipinski definition) is 9. The van der Waals surface area contributed by atoms with Gasteiger partial charge >= 0.3 is 12.1 Å². The lowest BCUT2D eigenvalue weighted by Gasteiger charge is -2.25. The van der Waals surface area contributed by atoms with Crippen LogP contribution in [0, 0.1) is 0 Å². The number of carbonyl (C=O) groups is 2. The predicted octanol–water partition coefficient (Wildman–Crippen LogP) is 5.84. The number of benzene rings is 1. The maximum Gasteiger partial charge on any atom is 0.412 e. The SMILES string of the molecule is CCCN(CCC)CCCCN(CCC(=O)OCOC(=O)N(CC)CC)Cc1ccc(CN(CC2=NC=CC2)Cc2ncc[nH]2)cc1. The van der Waals surface area contributed by atoms with Crippen molar-refractivity contribution < 1.29 is 19.1 Å². The summed E-state index contributed by atoms with van der Waals surface area (Å²) in [5.74, 6) is 0.574. The number of unbranched alkanes of at least 4 members (excludes halogenated alkanes) is 1. The van der Waals surface area contributed by atoms with Crippen LogP contribution >= 0.6 is 0 Å². The Hall–Kier alpha value is -3.54. The van der Waals surface area contributed by atoms with E-state index in [1.807, 2.05) is 26.2 Å². The van der Waals surface area contributed by atoms with Crippen molar-refractivity contribution >= 4 is 17.8 Å². The monoisotopic (exact) mass is 651 g/mol. The Morgan fingerprint density at radius 1 is 0.787 bits per heavy atom. The fourth-order valence-electron chi connectivity index (χ4n) is 5.74. The number of hydrogen-bond donors (Lipinski definition) is 1. The number of aliphatic imine (C=N–C) groups is 1. The van der Waals surface area contributed by atoms with E-state index in [1.54, 1.807) is 11.1 Å². The van der Waals surface area contributed by atoms with E-state index in [4.69, 9.17) is 9.47 Å². The second-order valence-corrected chi connectivity index (χ2v) is 12.1. The lowest BCUT2D eigenvalue weighted by molar-refractivity contribution is -0.152. The average molecular weight is 652 g/mol. The molecule has 1 aliphatic rings. The van der Waals surface area contributed by atoms with Crippen LogP contribution in [0.4, 0.5) is 4.79 Å². The first-order chi connectivity index (χ1) is 22.9. The van der Waals surface area contributed by atoms with Gasteiger partial charge in [-0.25, -0.2) is 9.78 Å². The Balaban J connectivity index is 1.56. The highest BCUT2D eigenvalue weighted by Gasteiger charge is 2.16. The van der Waals surface area contributed by atoms with Gasteiger partial charge in [-0.2, -0.15) is 0 Å². The molecule has 260 valence electrons. The van der Waals surface area contributed by atoms with Gasteiger partial charge in [0, 0.05) is 70.0 Å². The van der Waals surface area contributed by atoms with Gasteiger partial charge in [-0.05, 0) is 76.8 Å². The summed E-state index contributed by atoms with van der Waals surface area (Å²) in [6.45, 7) is 16.9. The van der Waals surface area contributed by atoms with Gasteiger partial charge in [0.2, 0.25) is 6.79 Å². The molecule has 0 aliphatic carbocycles. The van der Waals surface area contributed by atoms with Gasteiger partial charge < -0.3 is 24.3 Å². The van der Waals surface area contributed by atoms with Crippen molar-refractivity contribution in [1.29, 1.82) is 0 Å². The summed E-state index contributed by atoms with van der Waals surface area (Å²) >= 11 is 0. The molecule has 2 heterocycles. The minimum Gasteiger partial charge on any atom is -0.428 e. The van der Waals surface area contributed by atoms with Crippen molar-refractivity contribution in [2.75, 3.05) is 59.2 Å². The molecule has 0 unspecified atom stereocenters. The van der Waals surface area contributed by atoms with E-state index >= 15 is 0 Å². The zero-order valence-corrected chi connectivity index (χ0v) is 29.2. The molecular formula is C36H57N7O4. The maximum atomic E-state index is 12.6. The Bertz CT molecular complexity index is 1210. The van der Waals surface area contributed by atoms with Gasteiger partial charge in [-0.1, -0.05) is 44.2 Å². The summed E-state index contributed by atoms with van der Waals surface area (Å²) in [5, 5.41) is 0. The lowest BCUT2D eigenvalue weighted by atomic mass is 10.1. The molecule has 2 aromatic rings. The lowest BCUT2D eigenvalue weighted by Crippen LogP contribution is -2.32. The van der Waals surface area contributed by atoms with Crippen LogP contribution in [0.15, 0.2) is 53.9 Å². The molecule has 0 bridgehead atoms. The molecule has 0 radical (unpaired) electrons.